The second-order valence-corrected chi connectivity index (χ2v) is 3.16. The Bertz CT molecular complexity index is 283. The van der Waals surface area contributed by atoms with Gasteiger partial charge in [-0.1, -0.05) is 6.92 Å². The van der Waals surface area contributed by atoms with Crippen molar-refractivity contribution < 1.29 is 4.79 Å². The van der Waals surface area contributed by atoms with Crippen LogP contribution in [0.5, 0.6) is 0 Å². The molecular weight excluding hydrogens is 180 g/mol. The number of primary amides is 1. The zero-order chi connectivity index (χ0) is 10.6. The molecule has 0 saturated carbocycles. The maximum atomic E-state index is 11.1. The molecule has 1 rings (SSSR count). The maximum Gasteiger partial charge on any atom is 0.236 e. The molecule has 0 saturated heterocycles. The number of nitrogens with zero attached hydrogens (tertiary/aromatic N) is 2. The average molecular weight is 196 g/mol. The summed E-state index contributed by atoms with van der Waals surface area (Å²) in [5.74, 6) is -0.352. The van der Waals surface area contributed by atoms with Gasteiger partial charge in [0, 0.05) is 12.4 Å². The number of aromatic nitrogens is 2. The van der Waals surface area contributed by atoms with E-state index in [9.17, 15) is 4.79 Å². The van der Waals surface area contributed by atoms with E-state index in [2.05, 4.69) is 10.4 Å². The minimum atomic E-state index is -0.375. The van der Waals surface area contributed by atoms with Crippen LogP contribution in [0.2, 0.25) is 0 Å². The predicted octanol–water partition coefficient (Wildman–Crippen LogP) is -0.0925. The zero-order valence-corrected chi connectivity index (χ0v) is 8.47. The minimum absolute atomic E-state index is 0.0672. The standard InChI is InChI=1S/C9H16N4O/c1-3-11-8(9(10)14)7(2)13-6-4-5-12-13/h4-8,11H,3H2,1-2H3,(H2,10,14). The molecule has 1 heterocycles. The van der Waals surface area contributed by atoms with Gasteiger partial charge in [0.1, 0.15) is 6.04 Å². The fraction of sp³-hybridized carbons (Fsp3) is 0.556. The molecule has 0 aliphatic carbocycles. The number of hydrogen-bond donors (Lipinski definition) is 2. The maximum absolute atomic E-state index is 11.1. The largest absolute Gasteiger partial charge is 0.368 e. The van der Waals surface area contributed by atoms with Gasteiger partial charge in [-0.3, -0.25) is 9.48 Å². The molecule has 78 valence electrons. The van der Waals surface area contributed by atoms with Crippen LogP contribution in [-0.4, -0.2) is 28.3 Å². The van der Waals surface area contributed by atoms with Crippen LogP contribution in [0.4, 0.5) is 0 Å². The van der Waals surface area contributed by atoms with Crippen LogP contribution in [0.25, 0.3) is 0 Å². The van der Waals surface area contributed by atoms with Crippen LogP contribution in [0.15, 0.2) is 18.5 Å². The highest BCUT2D eigenvalue weighted by molar-refractivity contribution is 5.80. The molecular formula is C9H16N4O. The summed E-state index contributed by atoms with van der Waals surface area (Å²) in [4.78, 5) is 11.1. The Balaban J connectivity index is 2.73. The minimum Gasteiger partial charge on any atom is -0.368 e. The fourth-order valence-corrected chi connectivity index (χ4v) is 1.40. The van der Waals surface area contributed by atoms with Gasteiger partial charge in [0.15, 0.2) is 0 Å². The normalized spacial score (nSPS) is 15.0. The van der Waals surface area contributed by atoms with Gasteiger partial charge >= 0.3 is 0 Å². The topological polar surface area (TPSA) is 72.9 Å². The van der Waals surface area contributed by atoms with Crippen LogP contribution in [0.3, 0.4) is 0 Å². The molecule has 0 bridgehead atoms. The van der Waals surface area contributed by atoms with Crippen molar-refractivity contribution in [2.24, 2.45) is 5.73 Å². The van der Waals surface area contributed by atoms with Crippen molar-refractivity contribution in [2.45, 2.75) is 25.9 Å². The lowest BCUT2D eigenvalue weighted by molar-refractivity contribution is -0.121. The van der Waals surface area contributed by atoms with Gasteiger partial charge in [0.2, 0.25) is 5.91 Å². The highest BCUT2D eigenvalue weighted by Gasteiger charge is 2.23. The smallest absolute Gasteiger partial charge is 0.236 e. The Hall–Kier alpha value is -1.36. The van der Waals surface area contributed by atoms with Crippen LogP contribution in [0, 0.1) is 0 Å². The summed E-state index contributed by atoms with van der Waals surface area (Å²) in [6.45, 7) is 4.55. The highest BCUT2D eigenvalue weighted by Crippen LogP contribution is 2.08. The summed E-state index contributed by atoms with van der Waals surface area (Å²) in [6.07, 6.45) is 3.50. The number of hydrogen-bond acceptors (Lipinski definition) is 3. The molecule has 3 N–H and O–H groups in total. The Kier molecular flexibility index (Phi) is 3.64. The first-order valence-corrected chi connectivity index (χ1v) is 4.68. The zero-order valence-electron chi connectivity index (χ0n) is 8.47. The van der Waals surface area contributed by atoms with Crippen LogP contribution >= 0.6 is 0 Å². The summed E-state index contributed by atoms with van der Waals surface area (Å²) in [5.41, 5.74) is 5.29. The van der Waals surface area contributed by atoms with Gasteiger partial charge in [0.25, 0.3) is 0 Å². The summed E-state index contributed by atoms with van der Waals surface area (Å²) < 4.78 is 1.72. The van der Waals surface area contributed by atoms with Crippen molar-refractivity contribution in [2.75, 3.05) is 6.54 Å². The summed E-state index contributed by atoms with van der Waals surface area (Å²) in [5, 5.41) is 7.11. The number of amides is 1. The monoisotopic (exact) mass is 196 g/mol. The van der Waals surface area contributed by atoms with Crippen molar-refractivity contribution in [1.82, 2.24) is 15.1 Å². The van der Waals surface area contributed by atoms with Crippen molar-refractivity contribution in [3.63, 3.8) is 0 Å². The van der Waals surface area contributed by atoms with Crippen molar-refractivity contribution in [3.8, 4) is 0 Å². The lowest BCUT2D eigenvalue weighted by atomic mass is 10.1. The molecule has 1 aromatic rings. The SMILES string of the molecule is CCNC(C(N)=O)C(C)n1cccn1. The van der Waals surface area contributed by atoms with Crippen LogP contribution in [-0.2, 0) is 4.79 Å². The summed E-state index contributed by atoms with van der Waals surface area (Å²) in [7, 11) is 0. The van der Waals surface area contributed by atoms with E-state index >= 15 is 0 Å². The molecule has 1 amide bonds. The van der Waals surface area contributed by atoms with E-state index in [4.69, 9.17) is 5.73 Å². The van der Waals surface area contributed by atoms with Crippen molar-refractivity contribution in [3.05, 3.63) is 18.5 Å². The first-order valence-electron chi connectivity index (χ1n) is 4.68. The first-order chi connectivity index (χ1) is 6.66. The van der Waals surface area contributed by atoms with Gasteiger partial charge < -0.3 is 11.1 Å². The molecule has 5 heteroatoms. The number of carbonyl (C=O) groups is 1. The second-order valence-electron chi connectivity index (χ2n) is 3.16. The van der Waals surface area contributed by atoms with Crippen molar-refractivity contribution in [1.29, 1.82) is 0 Å². The number of carbonyl (C=O) groups excluding carboxylic acids is 1. The van der Waals surface area contributed by atoms with E-state index in [0.717, 1.165) is 0 Å². The molecule has 0 aliphatic rings. The fourth-order valence-electron chi connectivity index (χ4n) is 1.40. The molecule has 2 atom stereocenters. The van der Waals surface area contributed by atoms with Gasteiger partial charge in [-0.05, 0) is 19.5 Å². The van der Waals surface area contributed by atoms with E-state index in [0.29, 0.717) is 6.54 Å². The Labute approximate surface area is 83.3 Å². The Morgan fingerprint density at radius 2 is 2.43 bits per heavy atom. The van der Waals surface area contributed by atoms with Gasteiger partial charge in [0.05, 0.1) is 6.04 Å². The lowest BCUT2D eigenvalue weighted by Crippen LogP contribution is -2.46. The summed E-state index contributed by atoms with van der Waals surface area (Å²) in [6, 6.07) is 1.38. The second kappa shape index (κ2) is 4.76. The van der Waals surface area contributed by atoms with Gasteiger partial charge in [-0.2, -0.15) is 5.10 Å². The van der Waals surface area contributed by atoms with Crippen LogP contribution in [0.1, 0.15) is 19.9 Å². The van der Waals surface area contributed by atoms with E-state index in [1.165, 1.54) is 0 Å². The summed E-state index contributed by atoms with van der Waals surface area (Å²) >= 11 is 0. The van der Waals surface area contributed by atoms with E-state index in [1.807, 2.05) is 26.1 Å². The van der Waals surface area contributed by atoms with Crippen LogP contribution < -0.4 is 11.1 Å². The molecule has 5 nitrogen and oxygen atoms in total. The molecule has 1 aromatic heterocycles. The molecule has 14 heavy (non-hydrogen) atoms. The van der Waals surface area contributed by atoms with E-state index < -0.39 is 0 Å². The Morgan fingerprint density at radius 1 is 1.71 bits per heavy atom. The quantitative estimate of drug-likeness (QED) is 0.691. The molecule has 0 aromatic carbocycles. The van der Waals surface area contributed by atoms with Gasteiger partial charge in [-0.25, -0.2) is 0 Å². The molecule has 0 spiro atoms. The number of nitrogens with two attached hydrogens (primary N) is 1. The first kappa shape index (κ1) is 10.7. The molecule has 2 unspecified atom stereocenters. The lowest BCUT2D eigenvalue weighted by Gasteiger charge is -2.21. The van der Waals surface area contributed by atoms with Gasteiger partial charge in [-0.15, -0.1) is 0 Å². The molecule has 0 fully saturated rings. The Morgan fingerprint density at radius 3 is 2.86 bits per heavy atom. The number of nitrogens with one attached hydrogen (secondary N) is 1. The number of likely N-dealkylation sites (N-methyl/N-ethyl adjacent to an activating group) is 1. The highest BCUT2D eigenvalue weighted by atomic mass is 16.1. The third-order valence-corrected chi connectivity index (χ3v) is 2.16. The average Bonchev–Trinajstić information content (AvgIpc) is 2.65. The third-order valence-electron chi connectivity index (χ3n) is 2.16. The van der Waals surface area contributed by atoms with E-state index in [-0.39, 0.29) is 18.0 Å². The van der Waals surface area contributed by atoms with Crippen molar-refractivity contribution >= 4 is 5.91 Å². The third kappa shape index (κ3) is 2.32. The number of rotatable bonds is 5. The van der Waals surface area contributed by atoms with E-state index in [1.54, 1.807) is 10.9 Å². The molecule has 0 aliphatic heterocycles. The molecule has 0 radical (unpaired) electrons. The predicted molar refractivity (Wildman–Crippen MR) is 53.6 cm³/mol.